The lowest BCUT2D eigenvalue weighted by atomic mass is 9.93. The van der Waals surface area contributed by atoms with Crippen LogP contribution in [0.25, 0.3) is 0 Å². The topological polar surface area (TPSA) is 62.3 Å². The van der Waals surface area contributed by atoms with Gasteiger partial charge in [0.1, 0.15) is 0 Å². The Morgan fingerprint density at radius 1 is 1.33 bits per heavy atom. The molecule has 0 saturated carbocycles. The monoisotopic (exact) mass is 363 g/mol. The molecule has 2 aromatic heterocycles. The van der Waals surface area contributed by atoms with Crippen LogP contribution in [0.3, 0.4) is 0 Å². The first-order chi connectivity index (χ1) is 11.2. The lowest BCUT2D eigenvalue weighted by Gasteiger charge is -2.25. The number of fused-ring (bicyclic) bond motifs is 1. The molecule has 5 nitrogen and oxygen atoms in total. The summed E-state index contributed by atoms with van der Waals surface area (Å²) in [5.74, 6) is -0.0473. The highest BCUT2D eigenvalue weighted by Crippen LogP contribution is 2.30. The van der Waals surface area contributed by atoms with Crippen molar-refractivity contribution in [2.24, 2.45) is 0 Å². The number of hydrogen-bond acceptors (Lipinski definition) is 5. The van der Waals surface area contributed by atoms with Gasteiger partial charge in [0.25, 0.3) is 5.91 Å². The molecule has 2 amide bonds. The van der Waals surface area contributed by atoms with Crippen molar-refractivity contribution in [2.75, 3.05) is 11.9 Å². The highest BCUT2D eigenvalue weighted by atomic mass is 32.1. The van der Waals surface area contributed by atoms with E-state index >= 15 is 0 Å². The van der Waals surface area contributed by atoms with E-state index in [1.807, 2.05) is 16.3 Å². The summed E-state index contributed by atoms with van der Waals surface area (Å²) in [6.45, 7) is 9.21. The van der Waals surface area contributed by atoms with Gasteiger partial charge in [-0.2, -0.15) is 0 Å². The van der Waals surface area contributed by atoms with Gasteiger partial charge >= 0.3 is 0 Å². The largest absolute Gasteiger partial charge is 0.338 e. The molecule has 1 N–H and O–H groups in total. The Morgan fingerprint density at radius 3 is 2.71 bits per heavy atom. The molecule has 3 rings (SSSR count). The van der Waals surface area contributed by atoms with Crippen LogP contribution in [-0.4, -0.2) is 28.2 Å². The fourth-order valence-corrected chi connectivity index (χ4v) is 4.54. The summed E-state index contributed by atoms with van der Waals surface area (Å²) in [5, 5.41) is 5.50. The first-order valence-electron chi connectivity index (χ1n) is 7.88. The zero-order valence-corrected chi connectivity index (χ0v) is 15.9. The van der Waals surface area contributed by atoms with Crippen LogP contribution in [0.2, 0.25) is 0 Å². The minimum Gasteiger partial charge on any atom is -0.338 e. The maximum Gasteiger partial charge on any atom is 0.267 e. The molecule has 7 heteroatoms. The van der Waals surface area contributed by atoms with Crippen molar-refractivity contribution in [2.45, 2.75) is 46.1 Å². The molecule has 3 heterocycles. The lowest BCUT2D eigenvalue weighted by molar-refractivity contribution is -0.129. The molecule has 2 aromatic rings. The molecule has 128 valence electrons. The Bertz CT molecular complexity index is 786. The number of hydrogen-bond donors (Lipinski definition) is 1. The number of nitrogens with one attached hydrogen (secondary N) is 1. The van der Waals surface area contributed by atoms with Crippen molar-refractivity contribution >= 4 is 39.6 Å². The maximum atomic E-state index is 12.5. The van der Waals surface area contributed by atoms with Crippen LogP contribution in [0.1, 0.15) is 53.5 Å². The number of thiazole rings is 1. The van der Waals surface area contributed by atoms with E-state index in [-0.39, 0.29) is 17.2 Å². The second kappa shape index (κ2) is 6.29. The van der Waals surface area contributed by atoms with Gasteiger partial charge in [0.2, 0.25) is 5.91 Å². The third-order valence-electron chi connectivity index (χ3n) is 4.03. The maximum absolute atomic E-state index is 12.5. The zero-order valence-electron chi connectivity index (χ0n) is 14.3. The van der Waals surface area contributed by atoms with Crippen molar-refractivity contribution in [3.05, 3.63) is 32.5 Å². The van der Waals surface area contributed by atoms with E-state index in [0.29, 0.717) is 16.6 Å². The van der Waals surface area contributed by atoms with Crippen LogP contribution in [0.15, 0.2) is 11.4 Å². The van der Waals surface area contributed by atoms with Gasteiger partial charge in [0.05, 0.1) is 10.6 Å². The minimum atomic E-state index is -0.126. The van der Waals surface area contributed by atoms with E-state index in [9.17, 15) is 9.59 Å². The van der Waals surface area contributed by atoms with Crippen molar-refractivity contribution in [1.82, 2.24) is 9.88 Å². The molecule has 1 aliphatic heterocycles. The predicted octanol–water partition coefficient (Wildman–Crippen LogP) is 3.66. The number of aromatic nitrogens is 1. The average Bonchev–Trinajstić information content (AvgIpc) is 3.11. The number of rotatable bonds is 2. The van der Waals surface area contributed by atoms with Gasteiger partial charge in [-0.15, -0.1) is 22.7 Å². The minimum absolute atomic E-state index is 0.0301. The Labute approximate surface area is 149 Å². The van der Waals surface area contributed by atoms with Gasteiger partial charge in [-0.25, -0.2) is 4.98 Å². The third-order valence-corrected chi connectivity index (χ3v) is 6.02. The summed E-state index contributed by atoms with van der Waals surface area (Å²) in [6, 6.07) is 1.91. The second-order valence-electron chi connectivity index (χ2n) is 6.99. The Hall–Kier alpha value is -1.73. The summed E-state index contributed by atoms with van der Waals surface area (Å²) in [4.78, 5) is 32.2. The predicted molar refractivity (Wildman–Crippen MR) is 97.9 cm³/mol. The number of nitrogens with zero attached hydrogens (tertiary/aromatic N) is 2. The SMILES string of the molecule is CC(=O)N1CCc2sc(C(=O)Nc3nc(C(C)(C)C)cs3)cc2C1. The molecule has 0 atom stereocenters. The summed E-state index contributed by atoms with van der Waals surface area (Å²) in [7, 11) is 0. The van der Waals surface area contributed by atoms with Gasteiger partial charge in [0.15, 0.2) is 5.13 Å². The number of anilines is 1. The van der Waals surface area contributed by atoms with Gasteiger partial charge < -0.3 is 4.90 Å². The van der Waals surface area contributed by atoms with Crippen LogP contribution < -0.4 is 5.32 Å². The number of carbonyl (C=O) groups is 2. The van der Waals surface area contributed by atoms with E-state index < -0.39 is 0 Å². The van der Waals surface area contributed by atoms with Crippen LogP contribution in [-0.2, 0) is 23.2 Å². The fourth-order valence-electron chi connectivity index (χ4n) is 2.55. The Kier molecular flexibility index (Phi) is 4.48. The summed E-state index contributed by atoms with van der Waals surface area (Å²) < 4.78 is 0. The molecule has 0 bridgehead atoms. The van der Waals surface area contributed by atoms with Crippen molar-refractivity contribution in [1.29, 1.82) is 0 Å². The standard InChI is InChI=1S/C17H21N3O2S2/c1-10(21)20-6-5-12-11(8-20)7-13(24-12)15(22)19-16-18-14(9-23-16)17(2,3)4/h7,9H,5-6,8H2,1-4H3,(H,18,19,22). The van der Waals surface area contributed by atoms with Crippen LogP contribution in [0.5, 0.6) is 0 Å². The molecular formula is C17H21N3O2S2. The Balaban J connectivity index is 1.73. The summed E-state index contributed by atoms with van der Waals surface area (Å²) >= 11 is 2.96. The number of carbonyl (C=O) groups excluding carboxylic acids is 2. The van der Waals surface area contributed by atoms with Crippen molar-refractivity contribution < 1.29 is 9.59 Å². The molecular weight excluding hydrogens is 342 g/mol. The molecule has 0 fully saturated rings. The van der Waals surface area contributed by atoms with Crippen molar-refractivity contribution in [3.8, 4) is 0 Å². The molecule has 0 aromatic carbocycles. The van der Waals surface area contributed by atoms with Crippen LogP contribution in [0, 0.1) is 0 Å². The number of thiophene rings is 1. The fraction of sp³-hybridized carbons (Fsp3) is 0.471. The molecule has 0 spiro atoms. The first-order valence-corrected chi connectivity index (χ1v) is 9.58. The molecule has 0 saturated heterocycles. The van der Waals surface area contributed by atoms with Crippen LogP contribution in [0.4, 0.5) is 5.13 Å². The molecule has 0 unspecified atom stereocenters. The molecule has 0 aliphatic carbocycles. The molecule has 0 radical (unpaired) electrons. The van der Waals surface area contributed by atoms with E-state index in [0.717, 1.165) is 24.2 Å². The second-order valence-corrected chi connectivity index (χ2v) is 8.99. The highest BCUT2D eigenvalue weighted by Gasteiger charge is 2.23. The average molecular weight is 364 g/mol. The van der Waals surface area contributed by atoms with Crippen LogP contribution >= 0.6 is 22.7 Å². The number of amides is 2. The first kappa shape index (κ1) is 17.1. The van der Waals surface area contributed by atoms with E-state index in [4.69, 9.17) is 0 Å². The normalized spacial score (nSPS) is 14.4. The van der Waals surface area contributed by atoms with E-state index in [2.05, 4.69) is 31.1 Å². The Morgan fingerprint density at radius 2 is 2.08 bits per heavy atom. The third kappa shape index (κ3) is 3.52. The molecule has 1 aliphatic rings. The van der Waals surface area contributed by atoms with Gasteiger partial charge in [0, 0.05) is 35.7 Å². The summed E-state index contributed by atoms with van der Waals surface area (Å²) in [6.07, 6.45) is 0.818. The smallest absolute Gasteiger partial charge is 0.267 e. The van der Waals surface area contributed by atoms with Gasteiger partial charge in [-0.3, -0.25) is 14.9 Å². The van der Waals surface area contributed by atoms with Gasteiger partial charge in [-0.05, 0) is 18.1 Å². The quantitative estimate of drug-likeness (QED) is 0.886. The van der Waals surface area contributed by atoms with E-state index in [1.165, 1.54) is 27.6 Å². The molecule has 24 heavy (non-hydrogen) atoms. The van der Waals surface area contributed by atoms with Gasteiger partial charge in [-0.1, -0.05) is 20.8 Å². The van der Waals surface area contributed by atoms with Crippen molar-refractivity contribution in [3.63, 3.8) is 0 Å². The lowest BCUT2D eigenvalue weighted by Crippen LogP contribution is -2.33. The summed E-state index contributed by atoms with van der Waals surface area (Å²) in [5.41, 5.74) is 2.03. The zero-order chi connectivity index (χ0) is 17.5. The highest BCUT2D eigenvalue weighted by molar-refractivity contribution is 7.15. The van der Waals surface area contributed by atoms with E-state index in [1.54, 1.807) is 6.92 Å².